The van der Waals surface area contributed by atoms with Crippen LogP contribution in [-0.2, 0) is 0 Å². The summed E-state index contributed by atoms with van der Waals surface area (Å²) in [6.07, 6.45) is 0. The van der Waals surface area contributed by atoms with Crippen molar-refractivity contribution in [3.05, 3.63) is 35.1 Å². The summed E-state index contributed by atoms with van der Waals surface area (Å²) in [5, 5.41) is 2.27. The zero-order valence-corrected chi connectivity index (χ0v) is 10.3. The Labute approximate surface area is 107 Å². The minimum atomic E-state index is -1.26. The Balaban J connectivity index is 2.82. The van der Waals surface area contributed by atoms with Crippen molar-refractivity contribution < 1.29 is 18.0 Å². The number of nitrogens with two attached hydrogens (primary N) is 1. The van der Waals surface area contributed by atoms with Crippen molar-refractivity contribution >= 4 is 23.1 Å². The quantitative estimate of drug-likeness (QED) is 0.824. The summed E-state index contributed by atoms with van der Waals surface area (Å²) in [5.74, 6) is -4.89. The number of nitrogens with one attached hydrogen (secondary N) is 1. The van der Waals surface area contributed by atoms with Crippen LogP contribution in [-0.4, -0.2) is 17.4 Å². The van der Waals surface area contributed by atoms with Gasteiger partial charge in [-0.1, -0.05) is 19.1 Å². The van der Waals surface area contributed by atoms with Crippen LogP contribution >= 0.6 is 12.2 Å². The molecule has 0 spiro atoms. The highest BCUT2D eigenvalue weighted by atomic mass is 32.1. The molecule has 7 heteroatoms. The number of benzene rings is 1. The third-order valence-corrected chi connectivity index (χ3v) is 2.69. The molecule has 0 radical (unpaired) electrons. The summed E-state index contributed by atoms with van der Waals surface area (Å²) in [6, 6.07) is 0.879. The number of carbonyl (C=O) groups excluding carboxylic acids is 1. The molecule has 0 aliphatic carbocycles. The SMILES string of the molecule is CC(CNC(=O)c1c(F)cc(F)cc1F)C(N)=S. The minimum absolute atomic E-state index is 0.0461. The Morgan fingerprint density at radius 1 is 1.39 bits per heavy atom. The molecular formula is C11H11F3N2OS. The van der Waals surface area contributed by atoms with Crippen molar-refractivity contribution in [3.8, 4) is 0 Å². The largest absolute Gasteiger partial charge is 0.393 e. The standard InChI is InChI=1S/C11H11F3N2OS/c1-5(10(15)18)4-16-11(17)9-7(13)2-6(12)3-8(9)14/h2-3,5H,4H2,1H3,(H2,15,18)(H,16,17). The van der Waals surface area contributed by atoms with Crippen LogP contribution in [0.5, 0.6) is 0 Å². The maximum absolute atomic E-state index is 13.3. The van der Waals surface area contributed by atoms with E-state index in [-0.39, 0.29) is 17.5 Å². The van der Waals surface area contributed by atoms with E-state index < -0.39 is 28.9 Å². The van der Waals surface area contributed by atoms with Gasteiger partial charge < -0.3 is 11.1 Å². The number of hydrogen-bond donors (Lipinski definition) is 2. The Morgan fingerprint density at radius 3 is 2.33 bits per heavy atom. The summed E-state index contributed by atoms with van der Waals surface area (Å²) in [5.41, 5.74) is 4.50. The lowest BCUT2D eigenvalue weighted by Gasteiger charge is -2.11. The van der Waals surface area contributed by atoms with Gasteiger partial charge in [-0.15, -0.1) is 0 Å². The third-order valence-electron chi connectivity index (χ3n) is 2.29. The molecule has 0 aliphatic heterocycles. The van der Waals surface area contributed by atoms with Crippen LogP contribution in [0.25, 0.3) is 0 Å². The number of amides is 1. The van der Waals surface area contributed by atoms with Gasteiger partial charge >= 0.3 is 0 Å². The molecule has 1 rings (SSSR count). The molecular weight excluding hydrogens is 265 g/mol. The van der Waals surface area contributed by atoms with E-state index in [4.69, 9.17) is 5.73 Å². The van der Waals surface area contributed by atoms with Crippen molar-refractivity contribution in [3.63, 3.8) is 0 Å². The molecule has 0 saturated carbocycles. The topological polar surface area (TPSA) is 55.1 Å². The maximum atomic E-state index is 13.3. The van der Waals surface area contributed by atoms with Crippen LogP contribution in [0.15, 0.2) is 12.1 Å². The lowest BCUT2D eigenvalue weighted by molar-refractivity contribution is 0.0942. The van der Waals surface area contributed by atoms with E-state index in [9.17, 15) is 18.0 Å². The van der Waals surface area contributed by atoms with E-state index in [2.05, 4.69) is 17.5 Å². The normalized spacial score (nSPS) is 12.0. The monoisotopic (exact) mass is 276 g/mol. The summed E-state index contributed by atoms with van der Waals surface area (Å²) in [4.78, 5) is 11.7. The van der Waals surface area contributed by atoms with Crippen molar-refractivity contribution in [1.82, 2.24) is 5.32 Å². The van der Waals surface area contributed by atoms with Crippen molar-refractivity contribution in [2.75, 3.05) is 6.54 Å². The van der Waals surface area contributed by atoms with Gasteiger partial charge in [0, 0.05) is 24.6 Å². The van der Waals surface area contributed by atoms with Crippen LogP contribution in [0.2, 0.25) is 0 Å². The van der Waals surface area contributed by atoms with Crippen LogP contribution in [0, 0.1) is 23.4 Å². The molecule has 0 fully saturated rings. The molecule has 1 atom stereocenters. The molecule has 3 N–H and O–H groups in total. The molecule has 1 aromatic rings. The van der Waals surface area contributed by atoms with Gasteiger partial charge in [0.1, 0.15) is 23.0 Å². The van der Waals surface area contributed by atoms with Gasteiger partial charge in [0.2, 0.25) is 0 Å². The highest BCUT2D eigenvalue weighted by Gasteiger charge is 2.19. The molecule has 18 heavy (non-hydrogen) atoms. The molecule has 0 aromatic heterocycles. The summed E-state index contributed by atoms with van der Waals surface area (Å²) in [7, 11) is 0. The average molecular weight is 276 g/mol. The van der Waals surface area contributed by atoms with Gasteiger partial charge in [0.25, 0.3) is 5.91 Å². The Bertz CT molecular complexity index is 470. The van der Waals surface area contributed by atoms with E-state index in [1.165, 1.54) is 0 Å². The first-order valence-corrected chi connectivity index (χ1v) is 5.45. The lowest BCUT2D eigenvalue weighted by Crippen LogP contribution is -2.34. The van der Waals surface area contributed by atoms with Crippen LogP contribution in [0.4, 0.5) is 13.2 Å². The van der Waals surface area contributed by atoms with Crippen molar-refractivity contribution in [1.29, 1.82) is 0 Å². The van der Waals surface area contributed by atoms with Crippen LogP contribution in [0.1, 0.15) is 17.3 Å². The Kier molecular flexibility index (Phi) is 4.66. The molecule has 98 valence electrons. The number of halogens is 3. The lowest BCUT2D eigenvalue weighted by atomic mass is 10.1. The minimum Gasteiger partial charge on any atom is -0.393 e. The fourth-order valence-corrected chi connectivity index (χ4v) is 1.28. The number of thiocarbonyl (C=S) groups is 1. The summed E-state index contributed by atoms with van der Waals surface area (Å²) in [6.45, 7) is 1.70. The molecule has 1 unspecified atom stereocenters. The van der Waals surface area contributed by atoms with Crippen LogP contribution in [0.3, 0.4) is 0 Å². The predicted octanol–water partition coefficient (Wildman–Crippen LogP) is 1.76. The van der Waals surface area contributed by atoms with Gasteiger partial charge in [-0.25, -0.2) is 13.2 Å². The van der Waals surface area contributed by atoms with Gasteiger partial charge in [0.05, 0.1) is 4.99 Å². The molecule has 3 nitrogen and oxygen atoms in total. The predicted molar refractivity (Wildman–Crippen MR) is 64.6 cm³/mol. The van der Waals surface area contributed by atoms with Gasteiger partial charge in [-0.2, -0.15) is 0 Å². The van der Waals surface area contributed by atoms with Crippen molar-refractivity contribution in [2.24, 2.45) is 11.7 Å². The smallest absolute Gasteiger partial charge is 0.257 e. The number of carbonyl (C=O) groups is 1. The summed E-state index contributed by atoms with van der Waals surface area (Å²) < 4.78 is 39.2. The highest BCUT2D eigenvalue weighted by molar-refractivity contribution is 7.80. The first kappa shape index (κ1) is 14.4. The summed E-state index contributed by atoms with van der Waals surface area (Å²) >= 11 is 4.68. The van der Waals surface area contributed by atoms with Gasteiger partial charge in [0.15, 0.2) is 0 Å². The van der Waals surface area contributed by atoms with E-state index in [1.807, 2.05) is 0 Å². The zero-order valence-electron chi connectivity index (χ0n) is 9.47. The molecule has 1 amide bonds. The number of rotatable bonds is 4. The highest BCUT2D eigenvalue weighted by Crippen LogP contribution is 2.14. The van der Waals surface area contributed by atoms with E-state index in [0.717, 1.165) is 0 Å². The average Bonchev–Trinajstić information content (AvgIpc) is 2.24. The first-order valence-electron chi connectivity index (χ1n) is 5.05. The Hall–Kier alpha value is -1.63. The maximum Gasteiger partial charge on any atom is 0.257 e. The molecule has 0 aliphatic rings. The van der Waals surface area contributed by atoms with Crippen LogP contribution < -0.4 is 11.1 Å². The second kappa shape index (κ2) is 5.81. The molecule has 0 saturated heterocycles. The fourth-order valence-electron chi connectivity index (χ4n) is 1.19. The molecule has 1 aromatic carbocycles. The molecule has 0 heterocycles. The molecule has 0 bridgehead atoms. The van der Waals surface area contributed by atoms with E-state index >= 15 is 0 Å². The van der Waals surface area contributed by atoms with Crippen molar-refractivity contribution in [2.45, 2.75) is 6.92 Å². The van der Waals surface area contributed by atoms with Gasteiger partial charge in [-0.05, 0) is 0 Å². The van der Waals surface area contributed by atoms with E-state index in [1.54, 1.807) is 6.92 Å². The first-order chi connectivity index (χ1) is 8.32. The Morgan fingerprint density at radius 2 is 1.89 bits per heavy atom. The van der Waals surface area contributed by atoms with Gasteiger partial charge in [-0.3, -0.25) is 4.79 Å². The second-order valence-electron chi connectivity index (χ2n) is 3.76. The number of hydrogen-bond acceptors (Lipinski definition) is 2. The third kappa shape index (κ3) is 3.43. The van der Waals surface area contributed by atoms with E-state index in [0.29, 0.717) is 12.1 Å². The zero-order chi connectivity index (χ0) is 13.9. The second-order valence-corrected chi connectivity index (χ2v) is 4.23. The fraction of sp³-hybridized carbons (Fsp3) is 0.273.